The van der Waals surface area contributed by atoms with Gasteiger partial charge in [0.05, 0.1) is 25.5 Å². The van der Waals surface area contributed by atoms with Gasteiger partial charge in [0.2, 0.25) is 5.91 Å². The maximum atomic E-state index is 13.1. The summed E-state index contributed by atoms with van der Waals surface area (Å²) in [6.07, 6.45) is 2.99. The van der Waals surface area contributed by atoms with Crippen LogP contribution in [0.2, 0.25) is 0 Å². The zero-order chi connectivity index (χ0) is 18.1. The Morgan fingerprint density at radius 2 is 2.15 bits per heavy atom. The van der Waals surface area contributed by atoms with Gasteiger partial charge in [0.25, 0.3) is 0 Å². The van der Waals surface area contributed by atoms with Gasteiger partial charge in [-0.3, -0.25) is 4.79 Å². The molecule has 2 heterocycles. The third kappa shape index (κ3) is 3.19. The molecule has 26 heavy (non-hydrogen) atoms. The summed E-state index contributed by atoms with van der Waals surface area (Å²) in [6, 6.07) is 13.9. The van der Waals surface area contributed by atoms with Crippen LogP contribution in [0, 0.1) is 0 Å². The number of methoxy groups -OCH3 is 1. The molecule has 1 aliphatic heterocycles. The van der Waals surface area contributed by atoms with Crippen molar-refractivity contribution in [2.24, 2.45) is 0 Å². The lowest BCUT2D eigenvalue weighted by Gasteiger charge is -2.22. The number of hydrogen-bond donors (Lipinski definition) is 0. The summed E-state index contributed by atoms with van der Waals surface area (Å²) in [7, 11) is 1.63. The molecule has 0 saturated carbocycles. The van der Waals surface area contributed by atoms with Crippen LogP contribution in [0.5, 0.6) is 5.75 Å². The van der Waals surface area contributed by atoms with Crippen molar-refractivity contribution in [1.29, 1.82) is 0 Å². The number of hydrogen-bond acceptors (Lipinski definition) is 4. The van der Waals surface area contributed by atoms with Crippen molar-refractivity contribution in [3.63, 3.8) is 0 Å². The van der Waals surface area contributed by atoms with Crippen molar-refractivity contribution >= 4 is 34.3 Å². The lowest BCUT2D eigenvalue weighted by molar-refractivity contribution is -0.118. The quantitative estimate of drug-likeness (QED) is 0.660. The van der Waals surface area contributed by atoms with Gasteiger partial charge in [-0.05, 0) is 30.7 Å². The lowest BCUT2D eigenvalue weighted by atomic mass is 10.1. The van der Waals surface area contributed by atoms with E-state index in [-0.39, 0.29) is 5.91 Å². The largest absolute Gasteiger partial charge is 0.497 e. The van der Waals surface area contributed by atoms with Gasteiger partial charge in [-0.1, -0.05) is 19.1 Å². The van der Waals surface area contributed by atoms with E-state index in [1.807, 2.05) is 53.1 Å². The second kappa shape index (κ2) is 7.08. The van der Waals surface area contributed by atoms with E-state index in [2.05, 4.69) is 13.0 Å². The van der Waals surface area contributed by atoms with E-state index in [4.69, 9.17) is 9.15 Å². The number of furan rings is 1. The van der Waals surface area contributed by atoms with Crippen LogP contribution >= 0.6 is 11.8 Å². The standard InChI is InChI=1S/C21H21NO3S/c1-14-9-10-22(18-5-3-4-6-20(18)26-14)21(23)11-15-13-25-19-12-16(24-2)7-8-17(15)19/h3-8,12-14H,9-11H2,1-2H3. The van der Waals surface area contributed by atoms with Crippen LogP contribution in [0.4, 0.5) is 5.69 Å². The van der Waals surface area contributed by atoms with E-state index < -0.39 is 0 Å². The fourth-order valence-electron chi connectivity index (χ4n) is 3.33. The monoisotopic (exact) mass is 367 g/mol. The molecule has 0 radical (unpaired) electrons. The van der Waals surface area contributed by atoms with Gasteiger partial charge in [0.15, 0.2) is 0 Å². The van der Waals surface area contributed by atoms with Crippen LogP contribution in [0.25, 0.3) is 11.0 Å². The first-order valence-corrected chi connectivity index (χ1v) is 9.64. The number of rotatable bonds is 3. The molecule has 0 fully saturated rings. The fourth-order valence-corrected chi connectivity index (χ4v) is 4.44. The number of fused-ring (bicyclic) bond motifs is 2. The number of thioether (sulfide) groups is 1. The normalized spacial score (nSPS) is 17.0. The predicted molar refractivity (Wildman–Crippen MR) is 105 cm³/mol. The topological polar surface area (TPSA) is 42.7 Å². The molecule has 4 rings (SSSR count). The van der Waals surface area contributed by atoms with E-state index in [1.165, 1.54) is 4.90 Å². The molecule has 0 spiro atoms. The Bertz CT molecular complexity index is 949. The Hall–Kier alpha value is -2.40. The molecule has 4 nitrogen and oxygen atoms in total. The van der Waals surface area contributed by atoms with E-state index >= 15 is 0 Å². The molecule has 0 saturated heterocycles. The molecule has 1 atom stereocenters. The van der Waals surface area contributed by atoms with E-state index in [9.17, 15) is 4.79 Å². The number of carbonyl (C=O) groups is 1. The smallest absolute Gasteiger partial charge is 0.231 e. The summed E-state index contributed by atoms with van der Waals surface area (Å²) in [5.41, 5.74) is 2.67. The first-order chi connectivity index (χ1) is 12.7. The van der Waals surface area contributed by atoms with Gasteiger partial charge in [0.1, 0.15) is 11.3 Å². The number of para-hydroxylation sites is 1. The number of nitrogens with zero attached hydrogens (tertiary/aromatic N) is 1. The number of amides is 1. The van der Waals surface area contributed by atoms with Crippen LogP contribution in [0.3, 0.4) is 0 Å². The second-order valence-corrected chi connectivity index (χ2v) is 8.01. The van der Waals surface area contributed by atoms with Crippen molar-refractivity contribution in [3.8, 4) is 5.75 Å². The molecule has 0 N–H and O–H groups in total. The summed E-state index contributed by atoms with van der Waals surface area (Å²) in [4.78, 5) is 16.2. The summed E-state index contributed by atoms with van der Waals surface area (Å²) in [6.45, 7) is 2.96. The predicted octanol–water partition coefficient (Wildman–Crippen LogP) is 4.90. The molecule has 1 aromatic heterocycles. The first kappa shape index (κ1) is 17.0. The highest BCUT2D eigenvalue weighted by Crippen LogP contribution is 2.37. The van der Waals surface area contributed by atoms with Crippen LogP contribution in [0.15, 0.2) is 58.0 Å². The molecule has 134 valence electrons. The molecule has 1 amide bonds. The highest BCUT2D eigenvalue weighted by atomic mass is 32.2. The minimum atomic E-state index is 0.102. The average molecular weight is 367 g/mol. The van der Waals surface area contributed by atoms with Gasteiger partial charge in [-0.15, -0.1) is 11.8 Å². The molecule has 3 aromatic rings. The third-order valence-corrected chi connectivity index (χ3v) is 5.99. The second-order valence-electron chi connectivity index (χ2n) is 6.53. The Labute approximate surface area is 157 Å². The zero-order valence-electron chi connectivity index (χ0n) is 14.9. The summed E-state index contributed by atoms with van der Waals surface area (Å²) in [5, 5.41) is 1.46. The molecule has 5 heteroatoms. The van der Waals surface area contributed by atoms with Crippen LogP contribution in [-0.4, -0.2) is 24.8 Å². The van der Waals surface area contributed by atoms with E-state index in [0.717, 1.165) is 40.9 Å². The third-order valence-electron chi connectivity index (χ3n) is 4.75. The van der Waals surface area contributed by atoms with Crippen LogP contribution < -0.4 is 9.64 Å². The molecule has 0 bridgehead atoms. The van der Waals surface area contributed by atoms with Crippen LogP contribution in [0.1, 0.15) is 18.9 Å². The number of benzene rings is 2. The number of anilines is 1. The maximum absolute atomic E-state index is 13.1. The molecular formula is C21H21NO3S. The average Bonchev–Trinajstić information content (AvgIpc) is 2.96. The van der Waals surface area contributed by atoms with Crippen molar-refractivity contribution in [3.05, 3.63) is 54.3 Å². The van der Waals surface area contributed by atoms with Crippen LogP contribution in [-0.2, 0) is 11.2 Å². The van der Waals surface area contributed by atoms with Crippen molar-refractivity contribution < 1.29 is 13.9 Å². The zero-order valence-corrected chi connectivity index (χ0v) is 15.7. The van der Waals surface area contributed by atoms with Crippen molar-refractivity contribution in [2.75, 3.05) is 18.6 Å². The lowest BCUT2D eigenvalue weighted by Crippen LogP contribution is -2.33. The van der Waals surface area contributed by atoms with Gasteiger partial charge in [-0.2, -0.15) is 0 Å². The summed E-state index contributed by atoms with van der Waals surface area (Å²) in [5.74, 6) is 0.850. The van der Waals surface area contributed by atoms with Gasteiger partial charge < -0.3 is 14.1 Å². The van der Waals surface area contributed by atoms with Gasteiger partial charge in [-0.25, -0.2) is 0 Å². The van der Waals surface area contributed by atoms with E-state index in [0.29, 0.717) is 11.7 Å². The minimum absolute atomic E-state index is 0.102. The Morgan fingerprint density at radius 3 is 3.00 bits per heavy atom. The summed E-state index contributed by atoms with van der Waals surface area (Å²) >= 11 is 1.84. The molecule has 2 aromatic carbocycles. The molecule has 1 unspecified atom stereocenters. The highest BCUT2D eigenvalue weighted by molar-refractivity contribution is 8.00. The summed E-state index contributed by atoms with van der Waals surface area (Å²) < 4.78 is 10.9. The molecular weight excluding hydrogens is 346 g/mol. The minimum Gasteiger partial charge on any atom is -0.497 e. The fraction of sp³-hybridized carbons (Fsp3) is 0.286. The molecule has 1 aliphatic rings. The first-order valence-electron chi connectivity index (χ1n) is 8.76. The Kier molecular flexibility index (Phi) is 4.64. The SMILES string of the molecule is COc1ccc2c(CC(=O)N3CCC(C)Sc4ccccc43)coc2c1. The molecule has 0 aliphatic carbocycles. The highest BCUT2D eigenvalue weighted by Gasteiger charge is 2.25. The number of carbonyl (C=O) groups excluding carboxylic acids is 1. The van der Waals surface area contributed by atoms with Crippen molar-refractivity contribution in [2.45, 2.75) is 29.9 Å². The number of ether oxygens (including phenoxy) is 1. The van der Waals surface area contributed by atoms with E-state index in [1.54, 1.807) is 13.4 Å². The van der Waals surface area contributed by atoms with Gasteiger partial charge >= 0.3 is 0 Å². The maximum Gasteiger partial charge on any atom is 0.231 e. The Balaban J connectivity index is 1.62. The Morgan fingerprint density at radius 1 is 1.31 bits per heavy atom. The van der Waals surface area contributed by atoms with Crippen molar-refractivity contribution in [1.82, 2.24) is 0 Å². The van der Waals surface area contributed by atoms with Gasteiger partial charge in [0, 0.05) is 33.7 Å².